The molecule has 2 rings (SSSR count). The minimum atomic E-state index is 0.117. The molecule has 0 radical (unpaired) electrons. The number of rotatable bonds is 4. The molecule has 0 saturated heterocycles. The normalized spacial score (nSPS) is 13.2. The largest absolute Gasteiger partial charge is 0.496 e. The van der Waals surface area contributed by atoms with Gasteiger partial charge in [-0.15, -0.1) is 11.3 Å². The van der Waals surface area contributed by atoms with Gasteiger partial charge in [0.05, 0.1) is 7.11 Å². The third kappa shape index (κ3) is 3.47. The molecule has 1 heterocycles. The number of hydrogen-bond acceptors (Lipinski definition) is 3. The van der Waals surface area contributed by atoms with Crippen molar-refractivity contribution in [3.05, 3.63) is 51.2 Å². The van der Waals surface area contributed by atoms with Gasteiger partial charge >= 0.3 is 0 Å². The van der Waals surface area contributed by atoms with Gasteiger partial charge in [0.25, 0.3) is 0 Å². The van der Waals surface area contributed by atoms with Gasteiger partial charge in [-0.05, 0) is 36.1 Å². The summed E-state index contributed by atoms with van der Waals surface area (Å²) in [5.41, 5.74) is 8.70. The third-order valence-electron chi connectivity index (χ3n) is 3.81. The van der Waals surface area contributed by atoms with E-state index in [0.717, 1.165) is 5.75 Å². The summed E-state index contributed by atoms with van der Waals surface area (Å²) < 4.78 is 5.57. The van der Waals surface area contributed by atoms with Crippen molar-refractivity contribution in [1.29, 1.82) is 0 Å². The molecule has 2 N–H and O–H groups in total. The summed E-state index contributed by atoms with van der Waals surface area (Å²) in [7, 11) is 1.73. The average Bonchev–Trinajstić information content (AvgIpc) is 2.85. The van der Waals surface area contributed by atoms with Crippen LogP contribution in [0.1, 0.15) is 47.6 Å². The van der Waals surface area contributed by atoms with Crippen LogP contribution >= 0.6 is 11.3 Å². The van der Waals surface area contributed by atoms with Crippen molar-refractivity contribution in [3.8, 4) is 5.75 Å². The van der Waals surface area contributed by atoms with E-state index in [1.807, 2.05) is 11.3 Å². The number of hydrogen-bond donors (Lipinski definition) is 1. The lowest BCUT2D eigenvalue weighted by Gasteiger charge is -2.24. The molecule has 0 amide bonds. The first kappa shape index (κ1) is 16.1. The molecule has 0 aliphatic rings. The topological polar surface area (TPSA) is 35.2 Å². The van der Waals surface area contributed by atoms with Crippen molar-refractivity contribution in [2.45, 2.75) is 39.0 Å². The summed E-state index contributed by atoms with van der Waals surface area (Å²) in [6.45, 7) is 9.40. The third-order valence-corrected chi connectivity index (χ3v) is 4.93. The molecule has 3 heteroatoms. The maximum Gasteiger partial charge on any atom is 0.122 e. The fraction of sp³-hybridized carbons (Fsp3) is 0.444. The summed E-state index contributed by atoms with van der Waals surface area (Å²) >= 11 is 1.81. The van der Waals surface area contributed by atoms with Gasteiger partial charge < -0.3 is 10.5 Å². The molecule has 2 nitrogen and oxygen atoms in total. The van der Waals surface area contributed by atoms with E-state index < -0.39 is 0 Å². The lowest BCUT2D eigenvalue weighted by Crippen LogP contribution is -2.16. The molecular formula is C18H25NOS. The highest BCUT2D eigenvalue weighted by molar-refractivity contribution is 7.12. The highest BCUT2D eigenvalue weighted by Gasteiger charge is 2.22. The van der Waals surface area contributed by atoms with Crippen molar-refractivity contribution >= 4 is 11.3 Å². The zero-order chi connectivity index (χ0) is 15.6. The van der Waals surface area contributed by atoms with Crippen LogP contribution in [0.25, 0.3) is 0 Å². The molecule has 114 valence electrons. The molecule has 0 aliphatic heterocycles. The Morgan fingerprint density at radius 1 is 1.19 bits per heavy atom. The van der Waals surface area contributed by atoms with Gasteiger partial charge in [-0.25, -0.2) is 0 Å². The SMILES string of the molecule is COc1ccc(C(C)(C)C)cc1C(CN)c1ccc(C)s1. The smallest absolute Gasteiger partial charge is 0.122 e. The van der Waals surface area contributed by atoms with Crippen LogP contribution < -0.4 is 10.5 Å². The van der Waals surface area contributed by atoms with E-state index >= 15 is 0 Å². The Balaban J connectivity index is 2.53. The van der Waals surface area contributed by atoms with Crippen LogP contribution in [0.4, 0.5) is 0 Å². The second-order valence-corrected chi connectivity index (χ2v) is 7.76. The summed E-state index contributed by atoms with van der Waals surface area (Å²) in [5, 5.41) is 0. The Hall–Kier alpha value is -1.32. The van der Waals surface area contributed by atoms with Crippen LogP contribution in [-0.2, 0) is 5.41 Å². The molecule has 21 heavy (non-hydrogen) atoms. The first-order valence-electron chi connectivity index (χ1n) is 7.31. The maximum atomic E-state index is 6.08. The van der Waals surface area contributed by atoms with Gasteiger partial charge in [-0.3, -0.25) is 0 Å². The number of nitrogens with two attached hydrogens (primary N) is 1. The molecule has 1 aromatic carbocycles. The Morgan fingerprint density at radius 3 is 2.38 bits per heavy atom. The molecule has 1 aromatic heterocycles. The summed E-state index contributed by atoms with van der Waals surface area (Å²) in [4.78, 5) is 2.62. The lowest BCUT2D eigenvalue weighted by molar-refractivity contribution is 0.407. The minimum Gasteiger partial charge on any atom is -0.496 e. The van der Waals surface area contributed by atoms with E-state index in [4.69, 9.17) is 10.5 Å². The van der Waals surface area contributed by atoms with Crippen molar-refractivity contribution in [2.75, 3.05) is 13.7 Å². The molecule has 0 aliphatic carbocycles. The molecule has 0 fully saturated rings. The predicted octanol–water partition coefficient (Wildman–Crippen LogP) is 4.45. The molecular weight excluding hydrogens is 278 g/mol. The van der Waals surface area contributed by atoms with Crippen LogP contribution in [0.2, 0.25) is 0 Å². The average molecular weight is 303 g/mol. The first-order chi connectivity index (χ1) is 9.86. The van der Waals surface area contributed by atoms with E-state index in [-0.39, 0.29) is 11.3 Å². The zero-order valence-electron chi connectivity index (χ0n) is 13.6. The molecule has 0 saturated carbocycles. The van der Waals surface area contributed by atoms with Gasteiger partial charge in [-0.1, -0.05) is 32.9 Å². The fourth-order valence-corrected chi connectivity index (χ4v) is 3.52. The van der Waals surface area contributed by atoms with Crippen LogP contribution in [0.3, 0.4) is 0 Å². The number of thiophene rings is 1. The van der Waals surface area contributed by atoms with E-state index in [0.29, 0.717) is 6.54 Å². The van der Waals surface area contributed by atoms with Gasteiger partial charge in [-0.2, -0.15) is 0 Å². The fourth-order valence-electron chi connectivity index (χ4n) is 2.51. The Morgan fingerprint density at radius 2 is 1.90 bits per heavy atom. The van der Waals surface area contributed by atoms with Gasteiger partial charge in [0.15, 0.2) is 0 Å². The van der Waals surface area contributed by atoms with Gasteiger partial charge in [0.1, 0.15) is 5.75 Å². The van der Waals surface area contributed by atoms with E-state index in [1.165, 1.54) is 20.9 Å². The van der Waals surface area contributed by atoms with Gasteiger partial charge in [0, 0.05) is 27.8 Å². The van der Waals surface area contributed by atoms with Gasteiger partial charge in [0.2, 0.25) is 0 Å². The zero-order valence-corrected chi connectivity index (χ0v) is 14.4. The molecule has 1 unspecified atom stereocenters. The highest BCUT2D eigenvalue weighted by Crippen LogP contribution is 2.37. The van der Waals surface area contributed by atoms with Crippen molar-refractivity contribution in [1.82, 2.24) is 0 Å². The molecule has 1 atom stereocenters. The molecule has 2 aromatic rings. The summed E-state index contributed by atoms with van der Waals surface area (Å²) in [5.74, 6) is 1.12. The Kier molecular flexibility index (Phi) is 4.74. The highest BCUT2D eigenvalue weighted by atomic mass is 32.1. The van der Waals surface area contributed by atoms with Crippen LogP contribution in [-0.4, -0.2) is 13.7 Å². The van der Waals surface area contributed by atoms with Crippen molar-refractivity contribution < 1.29 is 4.74 Å². The number of methoxy groups -OCH3 is 1. The second kappa shape index (κ2) is 6.20. The lowest BCUT2D eigenvalue weighted by atomic mass is 9.84. The Bertz CT molecular complexity index is 610. The number of ether oxygens (including phenoxy) is 1. The minimum absolute atomic E-state index is 0.117. The van der Waals surface area contributed by atoms with E-state index in [2.05, 4.69) is 58.0 Å². The monoisotopic (exact) mass is 303 g/mol. The summed E-state index contributed by atoms with van der Waals surface area (Å²) in [6.07, 6.45) is 0. The maximum absolute atomic E-state index is 6.08. The van der Waals surface area contributed by atoms with Crippen molar-refractivity contribution in [2.24, 2.45) is 5.73 Å². The van der Waals surface area contributed by atoms with Crippen molar-refractivity contribution in [3.63, 3.8) is 0 Å². The second-order valence-electron chi connectivity index (χ2n) is 6.44. The predicted molar refractivity (Wildman–Crippen MR) is 91.6 cm³/mol. The summed E-state index contributed by atoms with van der Waals surface area (Å²) in [6, 6.07) is 10.8. The van der Waals surface area contributed by atoms with Crippen LogP contribution in [0, 0.1) is 6.92 Å². The van der Waals surface area contributed by atoms with E-state index in [1.54, 1.807) is 7.11 Å². The number of benzene rings is 1. The Labute approximate surface area is 132 Å². The van der Waals surface area contributed by atoms with Crippen LogP contribution in [0.5, 0.6) is 5.75 Å². The van der Waals surface area contributed by atoms with Crippen LogP contribution in [0.15, 0.2) is 30.3 Å². The quantitative estimate of drug-likeness (QED) is 0.905. The molecule has 0 spiro atoms. The van der Waals surface area contributed by atoms with E-state index in [9.17, 15) is 0 Å². The first-order valence-corrected chi connectivity index (χ1v) is 8.13. The number of aryl methyl sites for hydroxylation is 1. The standard InChI is InChI=1S/C18H25NOS/c1-12-6-9-17(21-12)15(11-19)14-10-13(18(2,3)4)7-8-16(14)20-5/h6-10,15H,11,19H2,1-5H3. The molecule has 0 bridgehead atoms.